The van der Waals surface area contributed by atoms with Crippen LogP contribution < -0.4 is 4.74 Å². The summed E-state index contributed by atoms with van der Waals surface area (Å²) in [5.74, 6) is 0.359. The van der Waals surface area contributed by atoms with Crippen LogP contribution in [0.25, 0.3) is 0 Å². The number of rotatable bonds is 6. The van der Waals surface area contributed by atoms with Crippen molar-refractivity contribution in [3.63, 3.8) is 0 Å². The van der Waals surface area contributed by atoms with Crippen LogP contribution >= 0.6 is 0 Å². The van der Waals surface area contributed by atoms with Gasteiger partial charge in [-0.05, 0) is 31.3 Å². The van der Waals surface area contributed by atoms with E-state index in [0.29, 0.717) is 51.6 Å². The molecule has 146 valence electrons. The number of halogens is 1. The van der Waals surface area contributed by atoms with E-state index in [2.05, 4.69) is 9.80 Å². The number of likely N-dealkylation sites (N-methyl/N-ethyl adjacent to an activating group) is 1. The van der Waals surface area contributed by atoms with Crippen LogP contribution in [0.15, 0.2) is 24.3 Å². The molecule has 26 heavy (non-hydrogen) atoms. The number of benzene rings is 1. The van der Waals surface area contributed by atoms with Crippen LogP contribution in [0.1, 0.15) is 0 Å². The van der Waals surface area contributed by atoms with Crippen molar-refractivity contribution < 1.29 is 17.5 Å². The van der Waals surface area contributed by atoms with Gasteiger partial charge in [-0.1, -0.05) is 0 Å². The lowest BCUT2D eigenvalue weighted by Gasteiger charge is -2.39. The van der Waals surface area contributed by atoms with E-state index in [0.717, 1.165) is 19.6 Å². The molecule has 2 heterocycles. The number of hydrogen-bond donors (Lipinski definition) is 0. The van der Waals surface area contributed by atoms with Gasteiger partial charge >= 0.3 is 0 Å². The van der Waals surface area contributed by atoms with E-state index < -0.39 is 10.2 Å². The van der Waals surface area contributed by atoms with Crippen LogP contribution in [0.3, 0.4) is 0 Å². The van der Waals surface area contributed by atoms with Crippen molar-refractivity contribution >= 4 is 10.2 Å². The van der Waals surface area contributed by atoms with Gasteiger partial charge in [0.15, 0.2) is 0 Å². The molecule has 0 amide bonds. The normalized spacial score (nSPS) is 21.8. The zero-order valence-corrected chi connectivity index (χ0v) is 16.0. The van der Waals surface area contributed by atoms with Crippen molar-refractivity contribution in [3.05, 3.63) is 30.1 Å². The Morgan fingerprint density at radius 3 is 2.04 bits per heavy atom. The molecule has 0 spiro atoms. The number of hydrogen-bond acceptors (Lipinski definition) is 5. The quantitative estimate of drug-likeness (QED) is 0.705. The van der Waals surface area contributed by atoms with E-state index in [9.17, 15) is 12.8 Å². The van der Waals surface area contributed by atoms with Gasteiger partial charge in [0.05, 0.1) is 0 Å². The fourth-order valence-electron chi connectivity index (χ4n) is 3.19. The summed E-state index contributed by atoms with van der Waals surface area (Å²) < 4.78 is 47.1. The molecule has 0 aromatic heterocycles. The maximum absolute atomic E-state index is 12.9. The smallest absolute Gasteiger partial charge is 0.282 e. The predicted molar refractivity (Wildman–Crippen MR) is 97.9 cm³/mol. The average molecular weight is 386 g/mol. The summed E-state index contributed by atoms with van der Waals surface area (Å²) in [6.07, 6.45) is 0. The molecule has 0 bridgehead atoms. The summed E-state index contributed by atoms with van der Waals surface area (Å²) in [6.45, 7) is 6.29. The second kappa shape index (κ2) is 8.62. The molecular weight excluding hydrogens is 359 g/mol. The van der Waals surface area contributed by atoms with Crippen LogP contribution in [0.2, 0.25) is 0 Å². The molecule has 0 N–H and O–H groups in total. The molecule has 0 radical (unpaired) electrons. The maximum atomic E-state index is 12.9. The van der Waals surface area contributed by atoms with Gasteiger partial charge in [0, 0.05) is 58.9 Å². The van der Waals surface area contributed by atoms with Crippen molar-refractivity contribution in [2.75, 3.05) is 72.6 Å². The van der Waals surface area contributed by atoms with E-state index in [-0.39, 0.29) is 5.82 Å². The molecule has 0 unspecified atom stereocenters. The summed E-state index contributed by atoms with van der Waals surface area (Å²) in [5, 5.41) is 0. The maximum Gasteiger partial charge on any atom is 0.282 e. The summed E-state index contributed by atoms with van der Waals surface area (Å²) in [5.41, 5.74) is 0. The standard InChI is InChI=1S/C17H27FN4O3S/c1-19-6-10-21(11-7-19)26(23,24)22-12-8-20(9-13-22)14-15-25-17-4-2-16(18)3-5-17/h2-5H,6-15H2,1H3. The van der Waals surface area contributed by atoms with Gasteiger partial charge in [0.1, 0.15) is 18.2 Å². The molecule has 2 aliphatic heterocycles. The SMILES string of the molecule is CN1CCN(S(=O)(=O)N2CCN(CCOc3ccc(F)cc3)CC2)CC1. The Balaban J connectivity index is 1.41. The molecule has 0 saturated carbocycles. The van der Waals surface area contributed by atoms with E-state index >= 15 is 0 Å². The molecule has 7 nitrogen and oxygen atoms in total. The first kappa shape index (κ1) is 19.5. The lowest BCUT2D eigenvalue weighted by Crippen LogP contribution is -2.56. The fourth-order valence-corrected chi connectivity index (χ4v) is 4.77. The highest BCUT2D eigenvalue weighted by Gasteiger charge is 2.33. The largest absolute Gasteiger partial charge is 0.492 e. The molecule has 1 aromatic carbocycles. The highest BCUT2D eigenvalue weighted by molar-refractivity contribution is 7.86. The average Bonchev–Trinajstić information content (AvgIpc) is 2.64. The van der Waals surface area contributed by atoms with Gasteiger partial charge in [0.2, 0.25) is 0 Å². The van der Waals surface area contributed by atoms with Gasteiger partial charge in [-0.2, -0.15) is 17.0 Å². The third-order valence-corrected chi connectivity index (χ3v) is 6.97. The second-order valence-electron chi connectivity index (χ2n) is 6.75. The molecule has 2 fully saturated rings. The summed E-state index contributed by atoms with van der Waals surface area (Å²) in [6, 6.07) is 5.96. The van der Waals surface area contributed by atoms with Crippen molar-refractivity contribution in [2.24, 2.45) is 0 Å². The first-order valence-corrected chi connectivity index (χ1v) is 10.4. The van der Waals surface area contributed by atoms with E-state index in [1.165, 1.54) is 12.1 Å². The minimum absolute atomic E-state index is 0.282. The molecule has 2 aliphatic rings. The van der Waals surface area contributed by atoms with Gasteiger partial charge in [-0.15, -0.1) is 0 Å². The summed E-state index contributed by atoms with van der Waals surface area (Å²) >= 11 is 0. The lowest BCUT2D eigenvalue weighted by atomic mass is 10.3. The molecule has 9 heteroatoms. The zero-order chi connectivity index (χ0) is 18.6. The van der Waals surface area contributed by atoms with Crippen LogP contribution in [-0.4, -0.2) is 99.4 Å². The molecule has 1 aromatic rings. The Bertz CT molecular complexity index is 670. The van der Waals surface area contributed by atoms with Gasteiger partial charge in [0.25, 0.3) is 10.2 Å². The molecule has 3 rings (SSSR count). The predicted octanol–water partition coefficient (Wildman–Crippen LogP) is 0.314. The van der Waals surface area contributed by atoms with Crippen molar-refractivity contribution in [1.29, 1.82) is 0 Å². The van der Waals surface area contributed by atoms with Crippen LogP contribution in [0, 0.1) is 5.82 Å². The van der Waals surface area contributed by atoms with Crippen LogP contribution in [0.4, 0.5) is 4.39 Å². The summed E-state index contributed by atoms with van der Waals surface area (Å²) in [7, 11) is -1.34. The zero-order valence-electron chi connectivity index (χ0n) is 15.2. The van der Waals surface area contributed by atoms with Crippen LogP contribution in [0.5, 0.6) is 5.75 Å². The monoisotopic (exact) mass is 386 g/mol. The van der Waals surface area contributed by atoms with Gasteiger partial charge in [-0.3, -0.25) is 4.90 Å². The molecule has 0 aliphatic carbocycles. The number of piperazine rings is 2. The van der Waals surface area contributed by atoms with Gasteiger partial charge in [-0.25, -0.2) is 4.39 Å². The minimum Gasteiger partial charge on any atom is -0.492 e. The Hall–Kier alpha value is -1.26. The Labute approximate surface area is 155 Å². The fraction of sp³-hybridized carbons (Fsp3) is 0.647. The number of ether oxygens (including phenoxy) is 1. The van der Waals surface area contributed by atoms with E-state index in [4.69, 9.17) is 4.74 Å². The van der Waals surface area contributed by atoms with Crippen molar-refractivity contribution in [3.8, 4) is 5.75 Å². The molecule has 2 saturated heterocycles. The lowest BCUT2D eigenvalue weighted by molar-refractivity contribution is 0.149. The molecular formula is C17H27FN4O3S. The first-order chi connectivity index (χ1) is 12.4. The Kier molecular flexibility index (Phi) is 6.46. The highest BCUT2D eigenvalue weighted by Crippen LogP contribution is 2.15. The minimum atomic E-state index is -3.35. The van der Waals surface area contributed by atoms with Crippen molar-refractivity contribution in [1.82, 2.24) is 18.4 Å². The number of nitrogens with zero attached hydrogens (tertiary/aromatic N) is 4. The van der Waals surface area contributed by atoms with Crippen LogP contribution in [-0.2, 0) is 10.2 Å². The Morgan fingerprint density at radius 2 is 1.46 bits per heavy atom. The third-order valence-electron chi connectivity index (χ3n) is 4.94. The topological polar surface area (TPSA) is 56.3 Å². The van der Waals surface area contributed by atoms with E-state index in [1.54, 1.807) is 20.7 Å². The summed E-state index contributed by atoms with van der Waals surface area (Å²) in [4.78, 5) is 4.34. The third kappa shape index (κ3) is 4.92. The first-order valence-electron chi connectivity index (χ1n) is 8.99. The van der Waals surface area contributed by atoms with E-state index in [1.807, 2.05) is 7.05 Å². The molecule has 0 atom stereocenters. The van der Waals surface area contributed by atoms with Crippen molar-refractivity contribution in [2.45, 2.75) is 0 Å². The highest BCUT2D eigenvalue weighted by atomic mass is 32.2. The Morgan fingerprint density at radius 1 is 0.923 bits per heavy atom. The van der Waals surface area contributed by atoms with Gasteiger partial charge < -0.3 is 9.64 Å². The second-order valence-corrected chi connectivity index (χ2v) is 8.68.